The van der Waals surface area contributed by atoms with Crippen LogP contribution in [-0.4, -0.2) is 29.6 Å². The minimum Gasteiger partial charge on any atom is -0.216 e. The standard InChI is InChI=1S/C18H10BrClN6S/c19-16-15(11-4-2-1-3-5-11)22-18-25(16)24-17(27-18)14-10-21-26(23-14)13-8-6-12(20)7-9-13/h1-10H. The van der Waals surface area contributed by atoms with E-state index in [2.05, 4.69) is 31.2 Å². The zero-order chi connectivity index (χ0) is 18.4. The highest BCUT2D eigenvalue weighted by molar-refractivity contribution is 9.10. The monoisotopic (exact) mass is 456 g/mol. The molecule has 132 valence electrons. The predicted octanol–water partition coefficient (Wildman–Crippen LogP) is 5.12. The third-order valence-electron chi connectivity index (χ3n) is 3.96. The molecule has 0 amide bonds. The van der Waals surface area contributed by atoms with Crippen LogP contribution < -0.4 is 0 Å². The summed E-state index contributed by atoms with van der Waals surface area (Å²) in [7, 11) is 0. The highest BCUT2D eigenvalue weighted by atomic mass is 79.9. The fourth-order valence-electron chi connectivity index (χ4n) is 2.67. The highest BCUT2D eigenvalue weighted by Gasteiger charge is 2.18. The van der Waals surface area contributed by atoms with E-state index in [0.29, 0.717) is 10.7 Å². The normalized spacial score (nSPS) is 11.3. The summed E-state index contributed by atoms with van der Waals surface area (Å²) in [5, 5.41) is 14.9. The Morgan fingerprint density at radius 3 is 2.48 bits per heavy atom. The summed E-state index contributed by atoms with van der Waals surface area (Å²) < 4.78 is 2.60. The summed E-state index contributed by atoms with van der Waals surface area (Å²) >= 11 is 11.0. The molecule has 0 aliphatic heterocycles. The lowest BCUT2D eigenvalue weighted by Gasteiger charge is -1.98. The maximum atomic E-state index is 5.93. The van der Waals surface area contributed by atoms with Crippen molar-refractivity contribution < 1.29 is 0 Å². The summed E-state index contributed by atoms with van der Waals surface area (Å²) in [6.07, 6.45) is 1.69. The van der Waals surface area contributed by atoms with Crippen LogP contribution in [0.4, 0.5) is 0 Å². The Hall–Kier alpha value is -2.55. The zero-order valence-electron chi connectivity index (χ0n) is 13.6. The van der Waals surface area contributed by atoms with Gasteiger partial charge in [0.15, 0.2) is 5.01 Å². The van der Waals surface area contributed by atoms with E-state index < -0.39 is 0 Å². The quantitative estimate of drug-likeness (QED) is 0.377. The summed E-state index contributed by atoms with van der Waals surface area (Å²) in [4.78, 5) is 7.05. The minimum atomic E-state index is 0.673. The third kappa shape index (κ3) is 2.95. The first-order valence-corrected chi connectivity index (χ1v) is 9.97. The van der Waals surface area contributed by atoms with Crippen molar-refractivity contribution in [2.24, 2.45) is 0 Å². The summed E-state index contributed by atoms with van der Waals surface area (Å²) in [6, 6.07) is 17.3. The lowest BCUT2D eigenvalue weighted by atomic mass is 10.2. The largest absolute Gasteiger partial charge is 0.216 e. The van der Waals surface area contributed by atoms with Crippen molar-refractivity contribution in [1.29, 1.82) is 0 Å². The maximum absolute atomic E-state index is 5.93. The van der Waals surface area contributed by atoms with Gasteiger partial charge in [0, 0.05) is 10.6 Å². The molecule has 0 radical (unpaired) electrons. The minimum absolute atomic E-state index is 0.673. The van der Waals surface area contributed by atoms with Gasteiger partial charge in [0.25, 0.3) is 0 Å². The second kappa shape index (κ2) is 6.56. The molecule has 0 fully saturated rings. The van der Waals surface area contributed by atoms with Gasteiger partial charge in [0.05, 0.1) is 11.9 Å². The van der Waals surface area contributed by atoms with Crippen LogP contribution in [-0.2, 0) is 0 Å². The molecular formula is C18H10BrClN6S. The van der Waals surface area contributed by atoms with Crippen molar-refractivity contribution in [3.8, 4) is 27.6 Å². The van der Waals surface area contributed by atoms with Gasteiger partial charge in [-0.15, -0.1) is 5.10 Å². The molecule has 0 bridgehead atoms. The van der Waals surface area contributed by atoms with Crippen LogP contribution in [0, 0.1) is 0 Å². The van der Waals surface area contributed by atoms with E-state index in [4.69, 9.17) is 16.6 Å². The second-order valence-electron chi connectivity index (χ2n) is 5.71. The molecule has 0 spiro atoms. The summed E-state index contributed by atoms with van der Waals surface area (Å²) in [5.41, 5.74) is 3.43. The number of benzene rings is 2. The molecule has 0 atom stereocenters. The lowest BCUT2D eigenvalue weighted by molar-refractivity contribution is 0.753. The van der Waals surface area contributed by atoms with Crippen molar-refractivity contribution in [3.05, 3.63) is 70.4 Å². The van der Waals surface area contributed by atoms with E-state index in [1.165, 1.54) is 11.3 Å². The molecule has 3 heterocycles. The average molecular weight is 458 g/mol. The Bertz CT molecular complexity index is 1240. The summed E-state index contributed by atoms with van der Waals surface area (Å²) in [6.45, 7) is 0. The SMILES string of the molecule is Clc1ccc(-n2ncc(-c3nn4c(Br)c(-c5ccccc5)nc4s3)n2)cc1. The van der Waals surface area contributed by atoms with E-state index in [1.807, 2.05) is 42.5 Å². The predicted molar refractivity (Wildman–Crippen MR) is 109 cm³/mol. The number of hydrogen-bond acceptors (Lipinski definition) is 5. The number of aromatic nitrogens is 6. The number of fused-ring (bicyclic) bond motifs is 1. The first kappa shape index (κ1) is 16.6. The molecule has 5 aromatic rings. The van der Waals surface area contributed by atoms with E-state index in [0.717, 1.165) is 31.5 Å². The first-order chi connectivity index (χ1) is 13.2. The molecule has 6 nitrogen and oxygen atoms in total. The van der Waals surface area contributed by atoms with Crippen LogP contribution in [0.1, 0.15) is 0 Å². The molecule has 0 N–H and O–H groups in total. The molecule has 0 unspecified atom stereocenters. The van der Waals surface area contributed by atoms with Crippen LogP contribution in [0.25, 0.3) is 32.6 Å². The maximum Gasteiger partial charge on any atom is 0.214 e. The van der Waals surface area contributed by atoms with Crippen molar-refractivity contribution in [3.63, 3.8) is 0 Å². The van der Waals surface area contributed by atoms with Gasteiger partial charge in [-0.2, -0.15) is 19.5 Å². The van der Waals surface area contributed by atoms with Gasteiger partial charge >= 0.3 is 0 Å². The Balaban J connectivity index is 1.52. The highest BCUT2D eigenvalue weighted by Crippen LogP contribution is 2.33. The number of hydrogen-bond donors (Lipinski definition) is 0. The van der Waals surface area contributed by atoms with Gasteiger partial charge in [-0.25, -0.2) is 4.98 Å². The third-order valence-corrected chi connectivity index (χ3v) is 5.86. The molecule has 27 heavy (non-hydrogen) atoms. The summed E-state index contributed by atoms with van der Waals surface area (Å²) in [5.74, 6) is 0. The van der Waals surface area contributed by atoms with Crippen LogP contribution in [0.5, 0.6) is 0 Å². The van der Waals surface area contributed by atoms with Gasteiger partial charge in [0.2, 0.25) is 4.96 Å². The molecule has 9 heteroatoms. The van der Waals surface area contributed by atoms with Crippen LogP contribution in [0.3, 0.4) is 0 Å². The molecule has 2 aromatic carbocycles. The van der Waals surface area contributed by atoms with Crippen molar-refractivity contribution in [2.45, 2.75) is 0 Å². The Morgan fingerprint density at radius 1 is 0.963 bits per heavy atom. The fraction of sp³-hybridized carbons (Fsp3) is 0. The van der Waals surface area contributed by atoms with Gasteiger partial charge < -0.3 is 0 Å². The van der Waals surface area contributed by atoms with Crippen LogP contribution >= 0.6 is 38.9 Å². The average Bonchev–Trinajstić information content (AvgIpc) is 3.39. The van der Waals surface area contributed by atoms with Gasteiger partial charge in [0.1, 0.15) is 16.0 Å². The Morgan fingerprint density at radius 2 is 1.74 bits per heavy atom. The molecule has 0 aliphatic rings. The number of halogens is 2. The smallest absolute Gasteiger partial charge is 0.214 e. The van der Waals surface area contributed by atoms with Crippen LogP contribution in [0.15, 0.2) is 65.4 Å². The molecule has 0 aliphatic carbocycles. The van der Waals surface area contributed by atoms with E-state index in [9.17, 15) is 0 Å². The number of imidazole rings is 1. The Labute approximate surface area is 171 Å². The van der Waals surface area contributed by atoms with Crippen molar-refractivity contribution in [1.82, 2.24) is 29.6 Å². The van der Waals surface area contributed by atoms with Crippen molar-refractivity contribution in [2.75, 3.05) is 0 Å². The zero-order valence-corrected chi connectivity index (χ0v) is 16.8. The van der Waals surface area contributed by atoms with E-state index in [-0.39, 0.29) is 0 Å². The molecule has 3 aromatic heterocycles. The van der Waals surface area contributed by atoms with Gasteiger partial charge in [-0.3, -0.25) is 0 Å². The van der Waals surface area contributed by atoms with Gasteiger partial charge in [-0.05, 0) is 40.2 Å². The Kier molecular flexibility index (Phi) is 4.04. The van der Waals surface area contributed by atoms with Gasteiger partial charge in [-0.1, -0.05) is 53.3 Å². The first-order valence-electron chi connectivity index (χ1n) is 7.98. The molecule has 5 rings (SSSR count). The van der Waals surface area contributed by atoms with E-state index in [1.54, 1.807) is 27.6 Å². The van der Waals surface area contributed by atoms with Crippen molar-refractivity contribution >= 4 is 43.8 Å². The second-order valence-corrected chi connectivity index (χ2v) is 7.86. The fourth-order valence-corrected chi connectivity index (χ4v) is 4.32. The number of nitrogens with zero attached hydrogens (tertiary/aromatic N) is 6. The molecule has 0 saturated heterocycles. The molecule has 0 saturated carbocycles. The van der Waals surface area contributed by atoms with Crippen LogP contribution in [0.2, 0.25) is 5.02 Å². The molecular weight excluding hydrogens is 448 g/mol. The lowest BCUT2D eigenvalue weighted by Crippen LogP contribution is -1.98. The van der Waals surface area contributed by atoms with E-state index >= 15 is 0 Å². The number of rotatable bonds is 3. The topological polar surface area (TPSA) is 60.9 Å².